The second-order valence-corrected chi connectivity index (χ2v) is 6.06. The summed E-state index contributed by atoms with van der Waals surface area (Å²) in [6.07, 6.45) is 0.759. The molecular formula is C22H20N2O2. The van der Waals surface area contributed by atoms with E-state index in [9.17, 15) is 0 Å². The van der Waals surface area contributed by atoms with Gasteiger partial charge in [0.2, 0.25) is 0 Å². The molecule has 1 heterocycles. The van der Waals surface area contributed by atoms with Gasteiger partial charge in [0.25, 0.3) is 0 Å². The number of hydrogen-bond donors (Lipinski definition) is 1. The lowest BCUT2D eigenvalue weighted by molar-refractivity contribution is 0.481. The lowest BCUT2D eigenvalue weighted by Crippen LogP contribution is -2.16. The van der Waals surface area contributed by atoms with Gasteiger partial charge in [-0.15, -0.1) is 0 Å². The predicted octanol–water partition coefficient (Wildman–Crippen LogP) is 4.95. The quantitative estimate of drug-likeness (QED) is 0.482. The number of nitrogens with zero attached hydrogens (tertiary/aromatic N) is 1. The zero-order valence-electron chi connectivity index (χ0n) is 14.4. The summed E-state index contributed by atoms with van der Waals surface area (Å²) in [7, 11) is 0. The van der Waals surface area contributed by atoms with Crippen molar-refractivity contribution in [1.82, 2.24) is 10.3 Å². The van der Waals surface area contributed by atoms with E-state index in [1.165, 1.54) is 5.56 Å². The van der Waals surface area contributed by atoms with Gasteiger partial charge < -0.3 is 14.5 Å². The summed E-state index contributed by atoms with van der Waals surface area (Å²) in [5.41, 5.74) is 2.93. The highest BCUT2D eigenvalue weighted by Gasteiger charge is 2.04. The third kappa shape index (κ3) is 4.10. The van der Waals surface area contributed by atoms with Crippen molar-refractivity contribution in [3.8, 4) is 11.5 Å². The Morgan fingerprint density at radius 3 is 2.54 bits per heavy atom. The highest BCUT2D eigenvalue weighted by molar-refractivity contribution is 5.72. The molecule has 130 valence electrons. The van der Waals surface area contributed by atoms with Crippen molar-refractivity contribution in [2.75, 3.05) is 6.54 Å². The Kier molecular flexibility index (Phi) is 4.94. The van der Waals surface area contributed by atoms with Crippen LogP contribution in [0, 0.1) is 0 Å². The molecule has 0 spiro atoms. The monoisotopic (exact) mass is 344 g/mol. The summed E-state index contributed by atoms with van der Waals surface area (Å²) in [5.74, 6) is 2.45. The topological polar surface area (TPSA) is 47.3 Å². The van der Waals surface area contributed by atoms with E-state index in [4.69, 9.17) is 9.15 Å². The van der Waals surface area contributed by atoms with E-state index in [0.29, 0.717) is 0 Å². The van der Waals surface area contributed by atoms with E-state index in [1.54, 1.807) is 0 Å². The predicted molar refractivity (Wildman–Crippen MR) is 102 cm³/mol. The molecule has 0 aliphatic heterocycles. The smallest absolute Gasteiger partial charge is 0.196 e. The van der Waals surface area contributed by atoms with Crippen LogP contribution in [-0.2, 0) is 13.0 Å². The number of oxazole rings is 1. The maximum atomic E-state index is 5.88. The molecule has 0 fully saturated rings. The van der Waals surface area contributed by atoms with E-state index in [-0.39, 0.29) is 0 Å². The molecular weight excluding hydrogens is 324 g/mol. The molecule has 0 radical (unpaired) electrons. The van der Waals surface area contributed by atoms with Crippen LogP contribution in [0.2, 0.25) is 0 Å². The first kappa shape index (κ1) is 16.4. The number of benzene rings is 3. The highest BCUT2D eigenvalue weighted by Crippen LogP contribution is 2.21. The average molecular weight is 344 g/mol. The molecule has 0 saturated heterocycles. The normalized spacial score (nSPS) is 10.9. The summed E-state index contributed by atoms with van der Waals surface area (Å²) >= 11 is 0. The molecule has 0 unspecified atom stereocenters. The van der Waals surface area contributed by atoms with Crippen molar-refractivity contribution in [2.24, 2.45) is 0 Å². The second kappa shape index (κ2) is 7.85. The summed E-state index contributed by atoms with van der Waals surface area (Å²) < 4.78 is 11.6. The molecule has 0 bridgehead atoms. The molecule has 4 nitrogen and oxygen atoms in total. The fraction of sp³-hybridized carbons (Fsp3) is 0.136. The molecule has 3 aromatic carbocycles. The van der Waals surface area contributed by atoms with Gasteiger partial charge in [-0.25, -0.2) is 4.98 Å². The third-order valence-electron chi connectivity index (χ3n) is 4.06. The van der Waals surface area contributed by atoms with Gasteiger partial charge in [-0.2, -0.15) is 0 Å². The fourth-order valence-corrected chi connectivity index (χ4v) is 2.80. The third-order valence-corrected chi connectivity index (χ3v) is 4.06. The fourth-order valence-electron chi connectivity index (χ4n) is 2.80. The lowest BCUT2D eigenvalue weighted by Gasteiger charge is -2.08. The Balaban J connectivity index is 1.30. The second-order valence-electron chi connectivity index (χ2n) is 6.06. The van der Waals surface area contributed by atoms with Crippen LogP contribution in [0.3, 0.4) is 0 Å². The summed E-state index contributed by atoms with van der Waals surface area (Å²) in [4.78, 5) is 4.49. The van der Waals surface area contributed by atoms with E-state index in [1.807, 2.05) is 66.7 Å². The molecule has 0 aliphatic rings. The van der Waals surface area contributed by atoms with Crippen LogP contribution in [0.1, 0.15) is 11.5 Å². The van der Waals surface area contributed by atoms with Crippen LogP contribution in [0.15, 0.2) is 83.3 Å². The number of aromatic nitrogens is 1. The molecule has 0 atom stereocenters. The number of fused-ring (bicyclic) bond motifs is 1. The first-order valence-electron chi connectivity index (χ1n) is 8.74. The SMILES string of the molecule is c1ccc(Oc2cccc(CNCCc3nc4ccccc4o3)c2)cc1. The van der Waals surface area contributed by atoms with Crippen molar-refractivity contribution in [3.63, 3.8) is 0 Å². The van der Waals surface area contributed by atoms with Gasteiger partial charge in [0.1, 0.15) is 17.0 Å². The van der Waals surface area contributed by atoms with Gasteiger partial charge in [0.05, 0.1) is 0 Å². The number of ether oxygens (including phenoxy) is 1. The van der Waals surface area contributed by atoms with Crippen molar-refractivity contribution in [2.45, 2.75) is 13.0 Å². The van der Waals surface area contributed by atoms with Crippen molar-refractivity contribution >= 4 is 11.1 Å². The summed E-state index contributed by atoms with van der Waals surface area (Å²) in [6.45, 7) is 1.57. The molecule has 4 heteroatoms. The minimum Gasteiger partial charge on any atom is -0.457 e. The van der Waals surface area contributed by atoms with E-state index < -0.39 is 0 Å². The molecule has 1 aromatic heterocycles. The van der Waals surface area contributed by atoms with Crippen molar-refractivity contribution < 1.29 is 9.15 Å². The standard InChI is InChI=1S/C22H20N2O2/c1-2-8-18(9-3-1)25-19-10-6-7-17(15-19)16-23-14-13-22-24-20-11-4-5-12-21(20)26-22/h1-12,15,23H,13-14,16H2. The van der Waals surface area contributed by atoms with E-state index >= 15 is 0 Å². The van der Waals surface area contributed by atoms with Gasteiger partial charge in [-0.3, -0.25) is 0 Å². The number of para-hydroxylation sites is 3. The number of rotatable bonds is 7. The largest absolute Gasteiger partial charge is 0.457 e. The van der Waals surface area contributed by atoms with Crippen LogP contribution in [0.4, 0.5) is 0 Å². The average Bonchev–Trinajstić information content (AvgIpc) is 3.09. The van der Waals surface area contributed by atoms with Crippen molar-refractivity contribution in [1.29, 1.82) is 0 Å². The number of nitrogens with one attached hydrogen (secondary N) is 1. The van der Waals surface area contributed by atoms with Crippen molar-refractivity contribution in [3.05, 3.63) is 90.3 Å². The Bertz CT molecular complexity index is 947. The Morgan fingerprint density at radius 1 is 0.846 bits per heavy atom. The molecule has 4 aromatic rings. The van der Waals surface area contributed by atoms with Gasteiger partial charge >= 0.3 is 0 Å². The lowest BCUT2D eigenvalue weighted by atomic mass is 10.2. The van der Waals surface area contributed by atoms with Crippen LogP contribution in [0.25, 0.3) is 11.1 Å². The molecule has 26 heavy (non-hydrogen) atoms. The van der Waals surface area contributed by atoms with E-state index in [2.05, 4.69) is 22.4 Å². The minimum absolute atomic E-state index is 0.759. The Hall–Kier alpha value is -3.11. The first-order valence-corrected chi connectivity index (χ1v) is 8.74. The van der Waals surface area contributed by atoms with Gasteiger partial charge in [0, 0.05) is 19.5 Å². The summed E-state index contributed by atoms with van der Waals surface area (Å²) in [6, 6.07) is 25.8. The van der Waals surface area contributed by atoms with Gasteiger partial charge in [-0.1, -0.05) is 42.5 Å². The summed E-state index contributed by atoms with van der Waals surface area (Å²) in [5, 5.41) is 3.43. The Labute approximate surface area is 152 Å². The van der Waals surface area contributed by atoms with Crippen LogP contribution < -0.4 is 10.1 Å². The van der Waals surface area contributed by atoms with Gasteiger partial charge in [-0.05, 0) is 42.0 Å². The zero-order valence-corrected chi connectivity index (χ0v) is 14.4. The van der Waals surface area contributed by atoms with Crippen LogP contribution in [0.5, 0.6) is 11.5 Å². The van der Waals surface area contributed by atoms with E-state index in [0.717, 1.165) is 48.0 Å². The zero-order chi connectivity index (χ0) is 17.6. The molecule has 0 amide bonds. The molecule has 4 rings (SSSR count). The molecule has 0 saturated carbocycles. The number of hydrogen-bond acceptors (Lipinski definition) is 4. The minimum atomic E-state index is 0.759. The van der Waals surface area contributed by atoms with Gasteiger partial charge in [0.15, 0.2) is 11.5 Å². The maximum absolute atomic E-state index is 5.88. The first-order chi connectivity index (χ1) is 12.9. The molecule has 1 N–H and O–H groups in total. The van der Waals surface area contributed by atoms with Crippen LogP contribution in [-0.4, -0.2) is 11.5 Å². The van der Waals surface area contributed by atoms with Crippen LogP contribution >= 0.6 is 0 Å². The Morgan fingerprint density at radius 2 is 1.65 bits per heavy atom. The highest BCUT2D eigenvalue weighted by atomic mass is 16.5. The maximum Gasteiger partial charge on any atom is 0.196 e. The molecule has 0 aliphatic carbocycles.